The lowest BCUT2D eigenvalue weighted by Crippen LogP contribution is -1.82. The molecule has 0 aromatic rings. The van der Waals surface area contributed by atoms with E-state index in [1.54, 1.807) is 19.1 Å². The Hall–Kier alpha value is -0.360. The number of allylic oxidation sites excluding steroid dienone is 5. The smallest absolute Gasteiger partial charge is 0.112 e. The molecule has 0 heterocycles. The first-order chi connectivity index (χ1) is 4.54. The summed E-state index contributed by atoms with van der Waals surface area (Å²) in [5, 5.41) is 0.434. The van der Waals surface area contributed by atoms with Crippen molar-refractivity contribution in [1.82, 2.24) is 0 Å². The van der Waals surface area contributed by atoms with Crippen LogP contribution in [0.15, 0.2) is 34.7 Å². The summed E-state index contributed by atoms with van der Waals surface area (Å²) in [5.74, 6) is 0. The zero-order chi connectivity index (χ0) is 8.15. The summed E-state index contributed by atoms with van der Waals surface area (Å²) < 4.78 is 0. The van der Waals surface area contributed by atoms with Gasteiger partial charge in [0.2, 0.25) is 0 Å². The van der Waals surface area contributed by atoms with E-state index in [1.165, 1.54) is 0 Å². The van der Waals surface area contributed by atoms with Crippen LogP contribution in [0.4, 0.5) is 0 Å². The molecule has 0 aromatic heterocycles. The molecular formula is C7H7B2Cl. The summed E-state index contributed by atoms with van der Waals surface area (Å²) in [6, 6.07) is 0. The first kappa shape index (κ1) is 9.64. The third-order valence-corrected chi connectivity index (χ3v) is 1.03. The molecule has 0 nitrogen and oxygen atoms in total. The molecule has 48 valence electrons. The summed E-state index contributed by atoms with van der Waals surface area (Å²) in [6.07, 6.45) is 3.21. The molecule has 0 aliphatic rings. The zero-order valence-electron chi connectivity index (χ0n) is 5.89. The molecule has 4 radical (unpaired) electrons. The van der Waals surface area contributed by atoms with E-state index in [9.17, 15) is 0 Å². The van der Waals surface area contributed by atoms with Gasteiger partial charge >= 0.3 is 0 Å². The molecule has 0 aliphatic heterocycles. The van der Waals surface area contributed by atoms with E-state index < -0.39 is 0 Å². The highest BCUT2D eigenvalue weighted by Crippen LogP contribution is 2.02. The van der Waals surface area contributed by atoms with Crippen LogP contribution >= 0.6 is 11.6 Å². The minimum atomic E-state index is 0.434. The Kier molecular flexibility index (Phi) is 4.29. The number of rotatable bonds is 2. The summed E-state index contributed by atoms with van der Waals surface area (Å²) in [4.78, 5) is 0. The quantitative estimate of drug-likeness (QED) is 0.414. The van der Waals surface area contributed by atoms with Gasteiger partial charge in [0.15, 0.2) is 0 Å². The highest BCUT2D eigenvalue weighted by atomic mass is 35.5. The van der Waals surface area contributed by atoms with Crippen LogP contribution in [0, 0.1) is 0 Å². The third kappa shape index (κ3) is 4.51. The van der Waals surface area contributed by atoms with Crippen molar-refractivity contribution in [2.75, 3.05) is 0 Å². The highest BCUT2D eigenvalue weighted by Gasteiger charge is 1.83. The van der Waals surface area contributed by atoms with Crippen LogP contribution in [0.5, 0.6) is 0 Å². The molecule has 0 fully saturated rings. The summed E-state index contributed by atoms with van der Waals surface area (Å²) in [6.45, 7) is 5.16. The maximum Gasteiger partial charge on any atom is 0.112 e. The fourth-order valence-electron chi connectivity index (χ4n) is 0.312. The molecule has 0 spiro atoms. The van der Waals surface area contributed by atoms with Gasteiger partial charge in [-0.25, -0.2) is 0 Å². The maximum absolute atomic E-state index is 5.43. The van der Waals surface area contributed by atoms with E-state index in [-0.39, 0.29) is 0 Å². The minimum Gasteiger partial charge on any atom is -0.128 e. The summed E-state index contributed by atoms with van der Waals surface area (Å²) in [7, 11) is 10.8. The van der Waals surface area contributed by atoms with E-state index in [0.717, 1.165) is 0 Å². The predicted molar refractivity (Wildman–Crippen MR) is 48.3 cm³/mol. The number of hydrogen-bond donors (Lipinski definition) is 0. The van der Waals surface area contributed by atoms with Crippen molar-refractivity contribution in [3.8, 4) is 0 Å². The Morgan fingerprint density at radius 2 is 1.90 bits per heavy atom. The van der Waals surface area contributed by atoms with Crippen molar-refractivity contribution in [2.45, 2.75) is 6.92 Å². The molecule has 0 saturated carbocycles. The van der Waals surface area contributed by atoms with E-state index in [2.05, 4.69) is 6.58 Å². The molecule has 0 aromatic carbocycles. The van der Waals surface area contributed by atoms with Crippen molar-refractivity contribution >= 4 is 27.3 Å². The third-order valence-electron chi connectivity index (χ3n) is 0.899. The second kappa shape index (κ2) is 4.45. The van der Waals surface area contributed by atoms with E-state index in [4.69, 9.17) is 27.3 Å². The molecule has 0 N–H and O–H groups in total. The lowest BCUT2D eigenvalue weighted by molar-refractivity contribution is 1.62. The SMILES string of the molecule is [B]/C(C)=C([B])\C=C/C(=C)Cl. The van der Waals surface area contributed by atoms with Crippen LogP contribution in [0.3, 0.4) is 0 Å². The molecule has 10 heavy (non-hydrogen) atoms. The molecule has 3 heteroatoms. The van der Waals surface area contributed by atoms with Crippen molar-refractivity contribution < 1.29 is 0 Å². The van der Waals surface area contributed by atoms with Crippen LogP contribution in [0.1, 0.15) is 6.92 Å². The highest BCUT2D eigenvalue weighted by molar-refractivity contribution is 6.33. The Balaban J connectivity index is 4.16. The van der Waals surface area contributed by atoms with Gasteiger partial charge in [-0.2, -0.15) is 0 Å². The van der Waals surface area contributed by atoms with Gasteiger partial charge in [-0.1, -0.05) is 31.2 Å². The van der Waals surface area contributed by atoms with E-state index in [0.29, 0.717) is 16.0 Å². The molecule has 0 bridgehead atoms. The first-order valence-electron chi connectivity index (χ1n) is 2.78. The number of hydrogen-bond acceptors (Lipinski definition) is 0. The Labute approximate surface area is 69.5 Å². The summed E-state index contributed by atoms with van der Waals surface area (Å²) >= 11 is 5.43. The number of halogens is 1. The van der Waals surface area contributed by atoms with Crippen molar-refractivity contribution in [1.29, 1.82) is 0 Å². The van der Waals surface area contributed by atoms with Crippen molar-refractivity contribution in [3.63, 3.8) is 0 Å². The molecule has 0 aliphatic carbocycles. The fraction of sp³-hybridized carbons (Fsp3) is 0.143. The standard InChI is InChI=1S/C7H7B2Cl/c1-5(10)3-4-7(9)6(2)8/h3-4H,1H2,2H3/b4-3-,7-6+. The molecule has 0 rings (SSSR count). The predicted octanol–water partition coefficient (Wildman–Crippen LogP) is 1.86. The van der Waals surface area contributed by atoms with Gasteiger partial charge in [0.05, 0.1) is 0 Å². The van der Waals surface area contributed by atoms with Crippen LogP contribution in [-0.2, 0) is 0 Å². The van der Waals surface area contributed by atoms with Gasteiger partial charge in [-0.3, -0.25) is 0 Å². The monoisotopic (exact) mass is 148 g/mol. The normalized spacial score (nSPS) is 13.4. The second-order valence-electron chi connectivity index (χ2n) is 1.92. The first-order valence-corrected chi connectivity index (χ1v) is 3.16. The largest absolute Gasteiger partial charge is 0.128 e. The lowest BCUT2D eigenvalue weighted by atomic mass is 9.81. The van der Waals surface area contributed by atoms with Crippen molar-refractivity contribution in [3.05, 3.63) is 34.7 Å². The van der Waals surface area contributed by atoms with E-state index >= 15 is 0 Å². The Morgan fingerprint density at radius 3 is 2.20 bits per heavy atom. The molecular weight excluding hydrogens is 141 g/mol. The van der Waals surface area contributed by atoms with Gasteiger partial charge in [-0.15, -0.1) is 10.9 Å². The Morgan fingerprint density at radius 1 is 1.40 bits per heavy atom. The molecule has 0 unspecified atom stereocenters. The van der Waals surface area contributed by atoms with Crippen LogP contribution in [0.25, 0.3) is 0 Å². The Bertz CT molecular complexity index is 188. The van der Waals surface area contributed by atoms with Gasteiger partial charge in [0, 0.05) is 5.03 Å². The van der Waals surface area contributed by atoms with Gasteiger partial charge < -0.3 is 0 Å². The maximum atomic E-state index is 5.43. The van der Waals surface area contributed by atoms with Crippen molar-refractivity contribution in [2.24, 2.45) is 0 Å². The lowest BCUT2D eigenvalue weighted by Gasteiger charge is -1.94. The topological polar surface area (TPSA) is 0 Å². The van der Waals surface area contributed by atoms with Crippen LogP contribution in [0.2, 0.25) is 0 Å². The van der Waals surface area contributed by atoms with E-state index in [1.807, 2.05) is 0 Å². The second-order valence-corrected chi connectivity index (χ2v) is 2.40. The molecule has 0 atom stereocenters. The minimum absolute atomic E-state index is 0.434. The summed E-state index contributed by atoms with van der Waals surface area (Å²) in [5.41, 5.74) is 1.09. The van der Waals surface area contributed by atoms with Crippen LogP contribution in [-0.4, -0.2) is 15.7 Å². The molecule has 0 amide bonds. The van der Waals surface area contributed by atoms with Gasteiger partial charge in [0.25, 0.3) is 0 Å². The van der Waals surface area contributed by atoms with Gasteiger partial charge in [-0.05, 0) is 6.08 Å². The zero-order valence-corrected chi connectivity index (χ0v) is 6.65. The van der Waals surface area contributed by atoms with Gasteiger partial charge in [0.1, 0.15) is 15.7 Å². The fourth-order valence-corrected chi connectivity index (χ4v) is 0.375. The van der Waals surface area contributed by atoms with Crippen LogP contribution < -0.4 is 0 Å². The molecule has 0 saturated heterocycles. The average molecular weight is 148 g/mol. The average Bonchev–Trinajstić information content (AvgIpc) is 1.82.